The van der Waals surface area contributed by atoms with Crippen LogP contribution < -0.4 is 17.2 Å². The normalized spacial score (nSPS) is 20.1. The standard InChI is InChI=1S/C18H23N3.C17H16N2/c19-14-4-1-2-6-16-8-10-17(11-9-16)12-13-18(21)7-3-5-15-20;1-15-13-16(17-10-6-8-12-19-17)9-5-3-2-4-7-11-18-14-15/h1-5,7-11,13-15H,6,12,19-21H2;2-14H,1H3/b2-1-,7-3-,14-4-,15-5-,18-13-;3-2+,4-2?,5-3?,7-4-,9-5-,11-7?,15-13?,15-14-,16-9?,16-13+,18-11+,18-14?. The molecule has 1 aliphatic rings. The van der Waals surface area contributed by atoms with E-state index >= 15 is 0 Å². The fourth-order valence-electron chi connectivity index (χ4n) is 3.33. The molecule has 204 valence electrons. The first-order chi connectivity index (χ1) is 19.6. The molecule has 6 N–H and O–H groups in total. The molecule has 5 nitrogen and oxygen atoms in total. The molecule has 2 heterocycles. The average molecular weight is 530 g/mol. The molecule has 1 aromatic heterocycles. The molecule has 5 heteroatoms. The van der Waals surface area contributed by atoms with Crippen LogP contribution in [-0.4, -0.2) is 11.2 Å². The van der Waals surface area contributed by atoms with Crippen molar-refractivity contribution in [3.8, 4) is 0 Å². The molecule has 0 amide bonds. The highest BCUT2D eigenvalue weighted by Gasteiger charge is 1.98. The lowest BCUT2D eigenvalue weighted by molar-refractivity contribution is 1.20. The third-order valence-electron chi connectivity index (χ3n) is 5.33. The molecule has 0 bridgehead atoms. The minimum atomic E-state index is 0.730. The van der Waals surface area contributed by atoms with Crippen molar-refractivity contribution in [1.82, 2.24) is 4.98 Å². The lowest BCUT2D eigenvalue weighted by Gasteiger charge is -2.01. The highest BCUT2D eigenvalue weighted by atomic mass is 14.7. The van der Waals surface area contributed by atoms with Gasteiger partial charge in [0.25, 0.3) is 0 Å². The Morgan fingerprint density at radius 1 is 0.800 bits per heavy atom. The first kappa shape index (κ1) is 31.1. The SMILES string of the molecule is CC1=C/N=C/C=C\C=C\C=C/C(c2ccccn2)=C\1.N/C=C\C=C/Cc1ccc(C/C=C(N)/C=C\C=C/N)cc1. The van der Waals surface area contributed by atoms with Gasteiger partial charge in [-0.1, -0.05) is 85.0 Å². The van der Waals surface area contributed by atoms with Crippen molar-refractivity contribution in [2.75, 3.05) is 0 Å². The number of pyridine rings is 1. The maximum absolute atomic E-state index is 5.86. The number of allylic oxidation sites excluding steroid dienone is 16. The minimum Gasteiger partial charge on any atom is -0.405 e. The van der Waals surface area contributed by atoms with Crippen molar-refractivity contribution >= 4 is 11.8 Å². The lowest BCUT2D eigenvalue weighted by atomic mass is 10.1. The first-order valence-electron chi connectivity index (χ1n) is 13.1. The van der Waals surface area contributed by atoms with Crippen LogP contribution in [0, 0.1) is 0 Å². The Morgan fingerprint density at radius 2 is 1.50 bits per heavy atom. The van der Waals surface area contributed by atoms with Crippen LogP contribution in [0.15, 0.2) is 169 Å². The molecule has 0 saturated carbocycles. The summed E-state index contributed by atoms with van der Waals surface area (Å²) in [6, 6.07) is 14.4. The average Bonchev–Trinajstić information content (AvgIpc) is 2.97. The van der Waals surface area contributed by atoms with Crippen molar-refractivity contribution in [1.29, 1.82) is 0 Å². The third-order valence-corrected chi connectivity index (χ3v) is 5.33. The number of aliphatic imine (C=N–C) groups is 1. The molecular weight excluding hydrogens is 490 g/mol. The second-order valence-electron chi connectivity index (χ2n) is 8.60. The van der Waals surface area contributed by atoms with Gasteiger partial charge in [-0.15, -0.1) is 0 Å². The van der Waals surface area contributed by atoms with Gasteiger partial charge in [0.15, 0.2) is 0 Å². The van der Waals surface area contributed by atoms with Gasteiger partial charge in [-0.2, -0.15) is 0 Å². The van der Waals surface area contributed by atoms with Crippen molar-refractivity contribution in [2.24, 2.45) is 22.2 Å². The molecule has 0 radical (unpaired) electrons. The summed E-state index contributed by atoms with van der Waals surface area (Å²) in [7, 11) is 0. The number of nitrogens with two attached hydrogens (primary N) is 3. The van der Waals surface area contributed by atoms with Crippen LogP contribution in [0.3, 0.4) is 0 Å². The smallest absolute Gasteiger partial charge is 0.0702 e. The van der Waals surface area contributed by atoms with Crippen molar-refractivity contribution < 1.29 is 0 Å². The van der Waals surface area contributed by atoms with E-state index in [9.17, 15) is 0 Å². The van der Waals surface area contributed by atoms with Gasteiger partial charge in [0.1, 0.15) is 0 Å². The predicted octanol–water partition coefficient (Wildman–Crippen LogP) is 6.79. The van der Waals surface area contributed by atoms with Crippen molar-refractivity contribution in [3.63, 3.8) is 0 Å². The Kier molecular flexibility index (Phi) is 15.4. The molecule has 0 spiro atoms. The number of hydrogen-bond donors (Lipinski definition) is 3. The third kappa shape index (κ3) is 14.0. The van der Waals surface area contributed by atoms with E-state index < -0.39 is 0 Å². The summed E-state index contributed by atoms with van der Waals surface area (Å²) >= 11 is 0. The summed E-state index contributed by atoms with van der Waals surface area (Å²) in [5.74, 6) is 0. The Hall–Kier alpha value is -5.16. The Morgan fingerprint density at radius 3 is 2.23 bits per heavy atom. The summed E-state index contributed by atoms with van der Waals surface area (Å²) in [5, 5.41) is 0. The molecule has 0 unspecified atom stereocenters. The monoisotopic (exact) mass is 529 g/mol. The van der Waals surface area contributed by atoms with Gasteiger partial charge < -0.3 is 17.2 Å². The molecule has 40 heavy (non-hydrogen) atoms. The van der Waals surface area contributed by atoms with Crippen LogP contribution in [0.5, 0.6) is 0 Å². The van der Waals surface area contributed by atoms with Crippen molar-refractivity contribution in [2.45, 2.75) is 19.8 Å². The molecule has 3 rings (SSSR count). The number of aromatic nitrogens is 1. The zero-order chi connectivity index (χ0) is 28.7. The minimum absolute atomic E-state index is 0.730. The van der Waals surface area contributed by atoms with Gasteiger partial charge in [-0.25, -0.2) is 0 Å². The fraction of sp³-hybridized carbons (Fsp3) is 0.0857. The first-order valence-corrected chi connectivity index (χ1v) is 13.1. The van der Waals surface area contributed by atoms with Gasteiger partial charge in [-0.05, 0) is 91.4 Å². The summed E-state index contributed by atoms with van der Waals surface area (Å²) in [6.45, 7) is 2.03. The van der Waals surface area contributed by atoms with E-state index in [0.717, 1.165) is 35.4 Å². The van der Waals surface area contributed by atoms with Gasteiger partial charge in [0.2, 0.25) is 0 Å². The number of rotatable bonds is 8. The summed E-state index contributed by atoms with van der Waals surface area (Å²) in [4.78, 5) is 8.60. The van der Waals surface area contributed by atoms with Crippen LogP contribution in [0.2, 0.25) is 0 Å². The summed E-state index contributed by atoms with van der Waals surface area (Å²) in [5.41, 5.74) is 22.7. The quantitative estimate of drug-likeness (QED) is 0.327. The lowest BCUT2D eigenvalue weighted by Crippen LogP contribution is -1.94. The maximum Gasteiger partial charge on any atom is 0.0702 e. The molecule has 1 aromatic carbocycles. The van der Waals surface area contributed by atoms with E-state index in [0.29, 0.717) is 0 Å². The van der Waals surface area contributed by atoms with E-state index in [1.54, 1.807) is 18.5 Å². The van der Waals surface area contributed by atoms with Gasteiger partial charge in [0.05, 0.1) is 5.69 Å². The Bertz CT molecular complexity index is 1340. The number of nitrogens with zero attached hydrogens (tertiary/aromatic N) is 2. The van der Waals surface area contributed by atoms with E-state index in [4.69, 9.17) is 17.2 Å². The van der Waals surface area contributed by atoms with E-state index in [1.165, 1.54) is 23.5 Å². The van der Waals surface area contributed by atoms with Gasteiger partial charge in [-0.3, -0.25) is 9.98 Å². The van der Waals surface area contributed by atoms with Crippen LogP contribution in [0.4, 0.5) is 0 Å². The van der Waals surface area contributed by atoms with E-state index in [2.05, 4.69) is 52.5 Å². The zero-order valence-electron chi connectivity index (χ0n) is 23.1. The van der Waals surface area contributed by atoms with E-state index in [1.807, 2.05) is 92.1 Å². The second-order valence-corrected chi connectivity index (χ2v) is 8.60. The van der Waals surface area contributed by atoms with E-state index in [-0.39, 0.29) is 0 Å². The fourth-order valence-corrected chi connectivity index (χ4v) is 3.33. The Labute approximate surface area is 238 Å². The topological polar surface area (TPSA) is 103 Å². The van der Waals surface area contributed by atoms with Crippen LogP contribution in [0.1, 0.15) is 23.7 Å². The van der Waals surface area contributed by atoms with Crippen LogP contribution in [0.25, 0.3) is 5.57 Å². The largest absolute Gasteiger partial charge is 0.405 e. The molecule has 0 fully saturated rings. The molecular formula is C35H39N5. The second kappa shape index (κ2) is 19.9. The van der Waals surface area contributed by atoms with Gasteiger partial charge in [0, 0.05) is 29.9 Å². The summed E-state index contributed by atoms with van der Waals surface area (Å²) in [6.07, 6.45) is 37.3. The molecule has 0 saturated heterocycles. The highest BCUT2D eigenvalue weighted by Crippen LogP contribution is 2.16. The molecule has 2 aromatic rings. The van der Waals surface area contributed by atoms with Crippen LogP contribution >= 0.6 is 0 Å². The molecule has 0 aliphatic carbocycles. The zero-order valence-corrected chi connectivity index (χ0v) is 23.1. The predicted molar refractivity (Wildman–Crippen MR) is 173 cm³/mol. The number of benzene rings is 1. The number of hydrogen-bond acceptors (Lipinski definition) is 5. The van der Waals surface area contributed by atoms with Crippen LogP contribution in [-0.2, 0) is 12.8 Å². The molecule has 0 atom stereocenters. The Balaban J connectivity index is 0.000000281. The maximum atomic E-state index is 5.86. The van der Waals surface area contributed by atoms with Crippen molar-refractivity contribution in [3.05, 3.63) is 180 Å². The highest BCUT2D eigenvalue weighted by molar-refractivity contribution is 5.75. The van der Waals surface area contributed by atoms with Gasteiger partial charge >= 0.3 is 0 Å². The summed E-state index contributed by atoms with van der Waals surface area (Å²) < 4.78 is 0. The molecule has 1 aliphatic heterocycles.